The van der Waals surface area contributed by atoms with E-state index in [4.69, 9.17) is 0 Å². The summed E-state index contributed by atoms with van der Waals surface area (Å²) in [5, 5.41) is 9.32. The molecule has 2 nitrogen and oxygen atoms in total. The van der Waals surface area contributed by atoms with Crippen LogP contribution >= 0.6 is 23.1 Å². The number of nitrogens with zero attached hydrogens (tertiary/aromatic N) is 2. The van der Waals surface area contributed by atoms with Crippen molar-refractivity contribution < 1.29 is 0 Å². The molecule has 0 unspecified atom stereocenters. The Morgan fingerprint density at radius 2 is 1.95 bits per heavy atom. The van der Waals surface area contributed by atoms with Crippen LogP contribution in [0.2, 0.25) is 0 Å². The Kier molecular flexibility index (Phi) is 4.05. The maximum atomic E-state index is 9.32. The molecule has 0 radical (unpaired) electrons. The van der Waals surface area contributed by atoms with Gasteiger partial charge in [0.25, 0.3) is 0 Å². The number of hydrogen-bond acceptors (Lipinski definition) is 4. The van der Waals surface area contributed by atoms with Gasteiger partial charge in [-0.05, 0) is 42.5 Å². The van der Waals surface area contributed by atoms with E-state index >= 15 is 0 Å². The average molecular weight is 308 g/mol. The van der Waals surface area contributed by atoms with Crippen molar-refractivity contribution in [2.75, 3.05) is 0 Å². The highest BCUT2D eigenvalue weighted by molar-refractivity contribution is 8.05. The summed E-state index contributed by atoms with van der Waals surface area (Å²) in [5.74, 6) is 0. The Morgan fingerprint density at radius 1 is 1.19 bits per heavy atom. The zero-order valence-electron chi connectivity index (χ0n) is 11.4. The summed E-state index contributed by atoms with van der Waals surface area (Å²) in [6.45, 7) is 2.05. The summed E-state index contributed by atoms with van der Waals surface area (Å²) in [6.07, 6.45) is 1.90. The van der Waals surface area contributed by atoms with Crippen molar-refractivity contribution in [3.8, 4) is 6.07 Å². The molecule has 2 aromatic carbocycles. The van der Waals surface area contributed by atoms with E-state index in [1.807, 2.05) is 54.6 Å². The van der Waals surface area contributed by atoms with Gasteiger partial charge in [-0.2, -0.15) is 5.26 Å². The molecule has 1 aromatic heterocycles. The molecule has 0 saturated heterocycles. The number of benzene rings is 2. The van der Waals surface area contributed by atoms with Gasteiger partial charge in [-0.15, -0.1) is 11.3 Å². The van der Waals surface area contributed by atoms with Crippen molar-refractivity contribution in [1.29, 1.82) is 5.26 Å². The fourth-order valence-electron chi connectivity index (χ4n) is 1.89. The molecule has 0 N–H and O–H groups in total. The minimum Gasteiger partial charge on any atom is -0.229 e. The van der Waals surface area contributed by atoms with Gasteiger partial charge in [0, 0.05) is 0 Å². The number of thiazole rings is 1. The number of para-hydroxylation sites is 1. The molecular weight excluding hydrogens is 296 g/mol. The molecule has 102 valence electrons. The summed E-state index contributed by atoms with van der Waals surface area (Å²) < 4.78 is 2.05. The standard InChI is InChI=1S/C17H12N2S2/c1-12-6-8-13(9-7-12)10-14(11-18)20-17-19-15-4-2-3-5-16(15)21-17/h2-10H,1H3/b14-10+. The number of hydrogen-bond donors (Lipinski definition) is 0. The summed E-state index contributed by atoms with van der Waals surface area (Å²) in [4.78, 5) is 5.20. The van der Waals surface area contributed by atoms with Crippen LogP contribution in [0.1, 0.15) is 11.1 Å². The SMILES string of the molecule is Cc1ccc(/C=C(\C#N)Sc2nc3ccccc3s2)cc1. The van der Waals surface area contributed by atoms with Crippen LogP contribution < -0.4 is 0 Å². The van der Waals surface area contributed by atoms with Gasteiger partial charge in [0.1, 0.15) is 6.07 Å². The molecule has 3 rings (SSSR count). The van der Waals surface area contributed by atoms with Crippen LogP contribution in [0.25, 0.3) is 16.3 Å². The van der Waals surface area contributed by atoms with Crippen LogP contribution in [0.3, 0.4) is 0 Å². The van der Waals surface area contributed by atoms with Crippen molar-refractivity contribution in [2.24, 2.45) is 0 Å². The van der Waals surface area contributed by atoms with Gasteiger partial charge in [-0.1, -0.05) is 42.0 Å². The van der Waals surface area contributed by atoms with E-state index in [2.05, 4.69) is 18.0 Å². The van der Waals surface area contributed by atoms with Gasteiger partial charge >= 0.3 is 0 Å². The number of nitriles is 1. The molecule has 4 heteroatoms. The predicted octanol–water partition coefficient (Wildman–Crippen LogP) is 5.26. The van der Waals surface area contributed by atoms with E-state index in [0.717, 1.165) is 20.1 Å². The Balaban J connectivity index is 1.87. The second kappa shape index (κ2) is 6.13. The molecule has 0 bridgehead atoms. The molecule has 1 heterocycles. The molecule has 0 saturated carbocycles. The number of allylic oxidation sites excluding steroid dienone is 1. The van der Waals surface area contributed by atoms with Crippen LogP contribution in [0.5, 0.6) is 0 Å². The molecule has 21 heavy (non-hydrogen) atoms. The van der Waals surface area contributed by atoms with E-state index in [-0.39, 0.29) is 0 Å². The highest BCUT2D eigenvalue weighted by Crippen LogP contribution is 2.34. The molecule has 0 spiro atoms. The van der Waals surface area contributed by atoms with Crippen molar-refractivity contribution in [3.05, 3.63) is 64.6 Å². The van der Waals surface area contributed by atoms with Crippen LogP contribution in [0, 0.1) is 18.3 Å². The molecule has 0 aliphatic carbocycles. The van der Waals surface area contributed by atoms with E-state index in [0.29, 0.717) is 4.91 Å². The highest BCUT2D eigenvalue weighted by atomic mass is 32.2. The first-order chi connectivity index (χ1) is 10.2. The van der Waals surface area contributed by atoms with Crippen LogP contribution in [-0.4, -0.2) is 4.98 Å². The maximum Gasteiger partial charge on any atom is 0.156 e. The van der Waals surface area contributed by atoms with E-state index in [9.17, 15) is 5.26 Å². The van der Waals surface area contributed by atoms with Gasteiger partial charge in [0.05, 0.1) is 15.1 Å². The molecule has 3 aromatic rings. The summed E-state index contributed by atoms with van der Waals surface area (Å²) in [7, 11) is 0. The largest absolute Gasteiger partial charge is 0.229 e. The van der Waals surface area contributed by atoms with Crippen molar-refractivity contribution >= 4 is 39.4 Å². The zero-order valence-corrected chi connectivity index (χ0v) is 13.0. The van der Waals surface area contributed by atoms with Gasteiger partial charge in [-0.25, -0.2) is 4.98 Å². The van der Waals surface area contributed by atoms with E-state index < -0.39 is 0 Å². The molecule has 0 aliphatic rings. The van der Waals surface area contributed by atoms with E-state index in [1.54, 1.807) is 11.3 Å². The van der Waals surface area contributed by atoms with Gasteiger partial charge in [0.2, 0.25) is 0 Å². The number of aromatic nitrogens is 1. The fourth-order valence-corrected chi connectivity index (χ4v) is 3.86. The lowest BCUT2D eigenvalue weighted by molar-refractivity contribution is 1.31. The van der Waals surface area contributed by atoms with Crippen LogP contribution in [0.4, 0.5) is 0 Å². The molecular formula is C17H12N2S2. The van der Waals surface area contributed by atoms with Crippen LogP contribution in [-0.2, 0) is 0 Å². The lowest BCUT2D eigenvalue weighted by atomic mass is 10.1. The smallest absolute Gasteiger partial charge is 0.156 e. The average Bonchev–Trinajstić information content (AvgIpc) is 2.91. The predicted molar refractivity (Wildman–Crippen MR) is 90.2 cm³/mol. The Morgan fingerprint density at radius 3 is 2.67 bits per heavy atom. The lowest BCUT2D eigenvalue weighted by Crippen LogP contribution is -1.77. The number of rotatable bonds is 3. The normalized spacial score (nSPS) is 11.5. The molecule has 0 aliphatic heterocycles. The number of thioether (sulfide) groups is 1. The molecule has 0 fully saturated rings. The third-order valence-electron chi connectivity index (χ3n) is 2.96. The van der Waals surface area contributed by atoms with Crippen molar-refractivity contribution in [3.63, 3.8) is 0 Å². The second-order valence-electron chi connectivity index (χ2n) is 4.58. The minimum absolute atomic E-state index is 0.651. The molecule has 0 amide bonds. The van der Waals surface area contributed by atoms with E-state index in [1.165, 1.54) is 17.3 Å². The maximum absolute atomic E-state index is 9.32. The molecule has 0 atom stereocenters. The first-order valence-corrected chi connectivity index (χ1v) is 8.10. The summed E-state index contributed by atoms with van der Waals surface area (Å²) in [5.41, 5.74) is 3.23. The monoisotopic (exact) mass is 308 g/mol. The fraction of sp³-hybridized carbons (Fsp3) is 0.0588. The van der Waals surface area contributed by atoms with Crippen molar-refractivity contribution in [1.82, 2.24) is 4.98 Å². The third kappa shape index (κ3) is 3.33. The minimum atomic E-state index is 0.651. The quantitative estimate of drug-likeness (QED) is 0.489. The number of aryl methyl sites for hydroxylation is 1. The lowest BCUT2D eigenvalue weighted by Gasteiger charge is -1.97. The van der Waals surface area contributed by atoms with Gasteiger partial charge in [-0.3, -0.25) is 0 Å². The zero-order chi connectivity index (χ0) is 14.7. The third-order valence-corrected chi connectivity index (χ3v) is 4.98. The summed E-state index contributed by atoms with van der Waals surface area (Å²) >= 11 is 3.03. The summed E-state index contributed by atoms with van der Waals surface area (Å²) in [6, 6.07) is 18.4. The Hall–Kier alpha value is -2.09. The van der Waals surface area contributed by atoms with Crippen molar-refractivity contribution in [2.45, 2.75) is 11.3 Å². The number of fused-ring (bicyclic) bond motifs is 1. The van der Waals surface area contributed by atoms with Gasteiger partial charge in [0.15, 0.2) is 4.34 Å². The first-order valence-electron chi connectivity index (χ1n) is 6.46. The Bertz CT molecular complexity index is 806. The van der Waals surface area contributed by atoms with Gasteiger partial charge < -0.3 is 0 Å². The second-order valence-corrected chi connectivity index (χ2v) is 6.90. The Labute approximate surface area is 131 Å². The highest BCUT2D eigenvalue weighted by Gasteiger charge is 2.07. The topological polar surface area (TPSA) is 36.7 Å². The first kappa shape index (κ1) is 13.9. The van der Waals surface area contributed by atoms with Crippen LogP contribution in [0.15, 0.2) is 57.8 Å².